The van der Waals surface area contributed by atoms with Crippen LogP contribution in [0, 0.1) is 13.8 Å². The van der Waals surface area contributed by atoms with Crippen molar-refractivity contribution in [3.63, 3.8) is 0 Å². The molecule has 4 aromatic rings. The van der Waals surface area contributed by atoms with Gasteiger partial charge in [0, 0.05) is 29.9 Å². The molecule has 2 atom stereocenters. The summed E-state index contributed by atoms with van der Waals surface area (Å²) in [5.74, 6) is 1.39. The molecule has 8 heteroatoms. The quantitative estimate of drug-likeness (QED) is 0.510. The highest BCUT2D eigenvalue weighted by Crippen LogP contribution is 2.36. The molecule has 0 bridgehead atoms. The maximum Gasteiger partial charge on any atom is 0.147 e. The van der Waals surface area contributed by atoms with Gasteiger partial charge in [-0.1, -0.05) is 18.2 Å². The van der Waals surface area contributed by atoms with Gasteiger partial charge in [-0.3, -0.25) is 5.10 Å². The van der Waals surface area contributed by atoms with Crippen molar-refractivity contribution in [2.24, 2.45) is 5.73 Å². The Kier molecular flexibility index (Phi) is 5.01. The van der Waals surface area contributed by atoms with E-state index in [-0.39, 0.29) is 6.54 Å². The zero-order valence-corrected chi connectivity index (χ0v) is 18.3. The fourth-order valence-corrected chi connectivity index (χ4v) is 4.18. The fraction of sp³-hybridized carbons (Fsp3) is 0.292. The number of fused-ring (bicyclic) bond motifs is 1. The molecule has 0 saturated carbocycles. The number of hydrogen-bond donors (Lipinski definition) is 2. The summed E-state index contributed by atoms with van der Waals surface area (Å²) < 4.78 is 19.4. The van der Waals surface area contributed by atoms with E-state index in [1.165, 1.54) is 5.56 Å². The SMILES string of the molecule is COc1cc2[nH]nc(-c3ccc(N4C[C@@H](F)[C@@H](N)C4)nc3)c2nc1-c1cccc(C)c1C. The van der Waals surface area contributed by atoms with Crippen LogP contribution in [0.3, 0.4) is 0 Å². The number of hydrogen-bond acceptors (Lipinski definition) is 6. The summed E-state index contributed by atoms with van der Waals surface area (Å²) in [6.45, 7) is 4.89. The zero-order valence-electron chi connectivity index (χ0n) is 18.3. The number of alkyl halides is 1. The van der Waals surface area contributed by atoms with Crippen molar-refractivity contribution >= 4 is 16.9 Å². The first-order valence-electron chi connectivity index (χ1n) is 10.6. The first kappa shape index (κ1) is 20.4. The molecule has 0 radical (unpaired) electrons. The Morgan fingerprint density at radius 1 is 1.16 bits per heavy atom. The average Bonchev–Trinajstić information content (AvgIpc) is 3.37. The number of anilines is 1. The van der Waals surface area contributed by atoms with Crippen LogP contribution in [0.1, 0.15) is 11.1 Å². The van der Waals surface area contributed by atoms with Crippen molar-refractivity contribution in [1.29, 1.82) is 0 Å². The van der Waals surface area contributed by atoms with Crippen molar-refractivity contribution in [2.45, 2.75) is 26.1 Å². The van der Waals surface area contributed by atoms with Gasteiger partial charge in [0.1, 0.15) is 34.6 Å². The lowest BCUT2D eigenvalue weighted by molar-refractivity contribution is 0.333. The molecular formula is C24H25FN6O. The van der Waals surface area contributed by atoms with E-state index < -0.39 is 12.2 Å². The molecule has 0 aliphatic carbocycles. The van der Waals surface area contributed by atoms with Gasteiger partial charge in [0.05, 0.1) is 25.2 Å². The Balaban J connectivity index is 1.56. The van der Waals surface area contributed by atoms with Crippen LogP contribution in [0.25, 0.3) is 33.5 Å². The molecule has 0 amide bonds. The van der Waals surface area contributed by atoms with Crippen LogP contribution in [0.5, 0.6) is 5.75 Å². The van der Waals surface area contributed by atoms with Crippen LogP contribution in [0.4, 0.5) is 10.2 Å². The topological polar surface area (TPSA) is 93.0 Å². The lowest BCUT2D eigenvalue weighted by atomic mass is 9.99. The number of halogens is 1. The van der Waals surface area contributed by atoms with Crippen molar-refractivity contribution in [3.8, 4) is 28.3 Å². The number of benzene rings is 1. The van der Waals surface area contributed by atoms with Crippen LogP contribution in [0.15, 0.2) is 42.6 Å². The Morgan fingerprint density at radius 3 is 2.69 bits per heavy atom. The van der Waals surface area contributed by atoms with Crippen LogP contribution >= 0.6 is 0 Å². The molecular weight excluding hydrogens is 407 g/mol. The number of nitrogens with two attached hydrogens (primary N) is 1. The molecule has 1 saturated heterocycles. The normalized spacial score (nSPS) is 18.5. The lowest BCUT2D eigenvalue weighted by Gasteiger charge is -2.16. The van der Waals surface area contributed by atoms with E-state index in [4.69, 9.17) is 15.5 Å². The first-order valence-corrected chi connectivity index (χ1v) is 10.6. The minimum atomic E-state index is -1.03. The standard InChI is InChI=1S/C24H25FN6O/c1-13-5-4-6-16(14(13)2)23-20(32-3)9-19-24(28-23)22(30-29-19)15-7-8-21(27-10-15)31-11-17(25)18(26)12-31/h4-10,17-18H,11-12,26H2,1-3H3,(H,29,30)/t17-,18+/m1/s1. The van der Waals surface area contributed by atoms with Crippen molar-refractivity contribution in [1.82, 2.24) is 20.2 Å². The third kappa shape index (κ3) is 3.36. The first-order chi connectivity index (χ1) is 15.5. The third-order valence-corrected chi connectivity index (χ3v) is 6.22. The molecule has 1 fully saturated rings. The van der Waals surface area contributed by atoms with E-state index in [1.807, 2.05) is 35.2 Å². The van der Waals surface area contributed by atoms with Crippen molar-refractivity contribution < 1.29 is 9.13 Å². The number of nitrogens with one attached hydrogen (secondary N) is 1. The number of H-pyrrole nitrogens is 1. The van der Waals surface area contributed by atoms with Crippen LogP contribution in [-0.4, -0.2) is 52.6 Å². The number of aromatic nitrogens is 4. The van der Waals surface area contributed by atoms with E-state index in [0.29, 0.717) is 23.8 Å². The van der Waals surface area contributed by atoms with Gasteiger partial charge in [0.2, 0.25) is 0 Å². The average molecular weight is 433 g/mol. The Morgan fingerprint density at radius 2 is 2.00 bits per heavy atom. The summed E-state index contributed by atoms with van der Waals surface area (Å²) in [5.41, 5.74) is 13.0. The highest BCUT2D eigenvalue weighted by atomic mass is 19.1. The number of nitrogens with zero attached hydrogens (tertiary/aromatic N) is 4. The maximum absolute atomic E-state index is 13.8. The van der Waals surface area contributed by atoms with Crippen molar-refractivity contribution in [3.05, 3.63) is 53.7 Å². The highest BCUT2D eigenvalue weighted by molar-refractivity contribution is 5.93. The van der Waals surface area contributed by atoms with Crippen LogP contribution in [-0.2, 0) is 0 Å². The molecule has 4 heterocycles. The summed E-state index contributed by atoms with van der Waals surface area (Å²) in [6.07, 6.45) is 0.709. The Labute approximate surface area is 185 Å². The zero-order chi connectivity index (χ0) is 22.4. The molecule has 1 aromatic carbocycles. The summed E-state index contributed by atoms with van der Waals surface area (Å²) in [6, 6.07) is 11.4. The maximum atomic E-state index is 13.8. The lowest BCUT2D eigenvalue weighted by Crippen LogP contribution is -2.30. The predicted molar refractivity (Wildman–Crippen MR) is 124 cm³/mol. The van der Waals surface area contributed by atoms with Gasteiger partial charge < -0.3 is 15.4 Å². The minimum absolute atomic E-state index is 0.263. The van der Waals surface area contributed by atoms with Crippen LogP contribution < -0.4 is 15.4 Å². The van der Waals surface area contributed by atoms with Gasteiger partial charge in [-0.05, 0) is 37.1 Å². The van der Waals surface area contributed by atoms with Crippen molar-refractivity contribution in [2.75, 3.05) is 25.1 Å². The molecule has 1 aliphatic rings. The van der Waals surface area contributed by atoms with Gasteiger partial charge in [0.25, 0.3) is 0 Å². The number of aryl methyl sites for hydroxylation is 1. The van der Waals surface area contributed by atoms with Crippen LogP contribution in [0.2, 0.25) is 0 Å². The molecule has 0 spiro atoms. The van der Waals surface area contributed by atoms with Gasteiger partial charge in [-0.15, -0.1) is 0 Å². The number of ether oxygens (including phenoxy) is 1. The molecule has 164 valence electrons. The summed E-state index contributed by atoms with van der Waals surface area (Å²) in [7, 11) is 1.64. The molecule has 1 aliphatic heterocycles. The Bertz CT molecular complexity index is 1280. The molecule has 3 N–H and O–H groups in total. The fourth-order valence-electron chi connectivity index (χ4n) is 4.18. The van der Waals surface area contributed by atoms with E-state index in [2.05, 4.69) is 35.1 Å². The van der Waals surface area contributed by atoms with Gasteiger partial charge >= 0.3 is 0 Å². The summed E-state index contributed by atoms with van der Waals surface area (Å²) in [5, 5.41) is 7.54. The summed E-state index contributed by atoms with van der Waals surface area (Å²) >= 11 is 0. The van der Waals surface area contributed by atoms with E-state index in [0.717, 1.165) is 33.4 Å². The largest absolute Gasteiger partial charge is 0.494 e. The monoisotopic (exact) mass is 432 g/mol. The molecule has 5 rings (SSSR count). The van der Waals surface area contributed by atoms with Gasteiger partial charge in [0.15, 0.2) is 0 Å². The number of rotatable bonds is 4. The Hall–Kier alpha value is -3.52. The molecule has 7 nitrogen and oxygen atoms in total. The molecule has 0 unspecified atom stereocenters. The number of pyridine rings is 2. The second-order valence-electron chi connectivity index (χ2n) is 8.24. The van der Waals surface area contributed by atoms with E-state index >= 15 is 0 Å². The minimum Gasteiger partial charge on any atom is -0.494 e. The number of methoxy groups -OCH3 is 1. The third-order valence-electron chi connectivity index (χ3n) is 6.22. The van der Waals surface area contributed by atoms with Gasteiger partial charge in [-0.25, -0.2) is 14.4 Å². The second-order valence-corrected chi connectivity index (χ2v) is 8.24. The molecule has 32 heavy (non-hydrogen) atoms. The second kappa shape index (κ2) is 7.87. The van der Waals surface area contributed by atoms with Gasteiger partial charge in [-0.2, -0.15) is 5.10 Å². The smallest absolute Gasteiger partial charge is 0.147 e. The predicted octanol–water partition coefficient (Wildman–Crippen LogP) is 3.80. The number of aromatic amines is 1. The summed E-state index contributed by atoms with van der Waals surface area (Å²) in [4.78, 5) is 11.3. The highest BCUT2D eigenvalue weighted by Gasteiger charge is 2.30. The van der Waals surface area contributed by atoms with E-state index in [1.54, 1.807) is 13.3 Å². The van der Waals surface area contributed by atoms with E-state index in [9.17, 15) is 4.39 Å². The molecule has 3 aromatic heterocycles.